The van der Waals surface area contributed by atoms with Gasteiger partial charge in [-0.05, 0) is 53.1 Å². The van der Waals surface area contributed by atoms with E-state index in [1.54, 1.807) is 0 Å². The van der Waals surface area contributed by atoms with Crippen LogP contribution in [0.15, 0.2) is 182 Å². The zero-order valence-electron chi connectivity index (χ0n) is 28.2. The Morgan fingerprint density at radius 3 is 1.28 bits per heavy atom. The summed E-state index contributed by atoms with van der Waals surface area (Å²) in [6.07, 6.45) is -0.320. The van der Waals surface area contributed by atoms with Crippen molar-refractivity contribution in [2.45, 2.75) is 50.4 Å². The van der Waals surface area contributed by atoms with Gasteiger partial charge in [0.25, 0.3) is 0 Å². The Kier molecular flexibility index (Phi) is 11.6. The summed E-state index contributed by atoms with van der Waals surface area (Å²) in [5.74, 6) is -0.197. The SMILES string of the molecule is c1ccc(COC[C@H]2OC([P+](c3ccccc3)(c3ccccc3)c3ccccc3)C[C@@H](OCc3ccccc3)[C@@H]2OCc2ccccc2)cc1. The van der Waals surface area contributed by atoms with Crippen molar-refractivity contribution in [1.82, 2.24) is 0 Å². The molecule has 0 amide bonds. The van der Waals surface area contributed by atoms with Crippen LogP contribution in [0.2, 0.25) is 0 Å². The first-order valence-electron chi connectivity index (χ1n) is 17.4. The van der Waals surface area contributed by atoms with Crippen LogP contribution in [-0.2, 0) is 38.8 Å². The fourth-order valence-corrected chi connectivity index (χ4v) is 11.7. The van der Waals surface area contributed by atoms with Gasteiger partial charge in [0, 0.05) is 6.42 Å². The maximum atomic E-state index is 7.46. The zero-order chi connectivity index (χ0) is 33.9. The molecule has 50 heavy (non-hydrogen) atoms. The van der Waals surface area contributed by atoms with Gasteiger partial charge in [0.1, 0.15) is 35.4 Å². The van der Waals surface area contributed by atoms with E-state index in [2.05, 4.69) is 140 Å². The van der Waals surface area contributed by atoms with Crippen molar-refractivity contribution >= 4 is 23.2 Å². The lowest BCUT2D eigenvalue weighted by atomic mass is 10.0. The summed E-state index contributed by atoms with van der Waals surface area (Å²) in [6.45, 7) is 1.79. The molecule has 1 fully saturated rings. The molecule has 1 heterocycles. The zero-order valence-corrected chi connectivity index (χ0v) is 29.1. The Morgan fingerprint density at radius 1 is 0.460 bits per heavy atom. The summed E-state index contributed by atoms with van der Waals surface area (Å²) < 4.78 is 27.7. The van der Waals surface area contributed by atoms with Crippen LogP contribution in [0, 0.1) is 0 Å². The fraction of sp³-hybridized carbons (Fsp3) is 0.200. The molecule has 0 aromatic heterocycles. The largest absolute Gasteiger partial charge is 0.374 e. The fourth-order valence-electron chi connectivity index (χ4n) is 7.01. The van der Waals surface area contributed by atoms with E-state index in [-0.39, 0.29) is 24.2 Å². The quantitative estimate of drug-likeness (QED) is 0.108. The molecule has 0 saturated carbocycles. The van der Waals surface area contributed by atoms with E-state index >= 15 is 0 Å². The van der Waals surface area contributed by atoms with Crippen molar-refractivity contribution in [3.05, 3.63) is 199 Å². The van der Waals surface area contributed by atoms with E-state index in [1.165, 1.54) is 15.9 Å². The smallest absolute Gasteiger partial charge is 0.184 e. The first-order valence-corrected chi connectivity index (χ1v) is 19.3. The highest BCUT2D eigenvalue weighted by Gasteiger charge is 2.58. The van der Waals surface area contributed by atoms with Gasteiger partial charge < -0.3 is 18.9 Å². The Hall–Kier alpha value is -4.41. The lowest BCUT2D eigenvalue weighted by molar-refractivity contribution is -0.205. The molecule has 4 nitrogen and oxygen atoms in total. The maximum absolute atomic E-state index is 7.46. The Balaban J connectivity index is 1.31. The number of rotatable bonds is 14. The van der Waals surface area contributed by atoms with Crippen molar-refractivity contribution in [3.63, 3.8) is 0 Å². The molecule has 4 atom stereocenters. The molecule has 0 spiro atoms. The minimum atomic E-state index is -2.41. The molecule has 0 N–H and O–H groups in total. The second-order valence-electron chi connectivity index (χ2n) is 12.7. The van der Waals surface area contributed by atoms with Gasteiger partial charge >= 0.3 is 0 Å². The van der Waals surface area contributed by atoms with Crippen molar-refractivity contribution in [2.24, 2.45) is 0 Å². The number of hydrogen-bond acceptors (Lipinski definition) is 4. The standard InChI is InChI=1S/C45H44O4P/c1-7-19-36(20-8-1)32-46-35-43-45(48-34-38-23-11-3-12-24-38)42(47-33-37-21-9-2-10-22-37)31-44(49-43)50(39-25-13-4-14-26-39,40-27-15-5-16-28-40)41-29-17-6-18-30-41/h1-30,42-45H,31-35H2/q+1/t42-,43-,44?,45+/m1/s1. The van der Waals surface area contributed by atoms with Gasteiger partial charge in [0.2, 0.25) is 0 Å². The monoisotopic (exact) mass is 679 g/mol. The van der Waals surface area contributed by atoms with Gasteiger partial charge in [-0.25, -0.2) is 0 Å². The second-order valence-corrected chi connectivity index (χ2v) is 16.3. The van der Waals surface area contributed by atoms with Gasteiger partial charge in [-0.15, -0.1) is 0 Å². The third kappa shape index (κ3) is 7.97. The maximum Gasteiger partial charge on any atom is 0.184 e. The minimum Gasteiger partial charge on any atom is -0.374 e. The van der Waals surface area contributed by atoms with Crippen LogP contribution in [0.5, 0.6) is 0 Å². The molecule has 5 heteroatoms. The minimum absolute atomic E-state index is 0.197. The van der Waals surface area contributed by atoms with E-state index < -0.39 is 7.26 Å². The Bertz CT molecular complexity index is 1740. The van der Waals surface area contributed by atoms with E-state index in [0.717, 1.165) is 16.7 Å². The summed E-state index contributed by atoms with van der Waals surface area (Å²) in [5.41, 5.74) is 3.36. The highest BCUT2D eigenvalue weighted by Crippen LogP contribution is 2.63. The molecular weight excluding hydrogens is 635 g/mol. The lowest BCUT2D eigenvalue weighted by Crippen LogP contribution is -2.55. The van der Waals surface area contributed by atoms with Crippen molar-refractivity contribution in [1.29, 1.82) is 0 Å². The van der Waals surface area contributed by atoms with Crippen molar-refractivity contribution in [3.8, 4) is 0 Å². The third-order valence-corrected chi connectivity index (χ3v) is 13.9. The van der Waals surface area contributed by atoms with Crippen LogP contribution in [0.3, 0.4) is 0 Å². The summed E-state index contributed by atoms with van der Waals surface area (Å²) in [6, 6.07) is 63.8. The van der Waals surface area contributed by atoms with Crippen LogP contribution in [0.1, 0.15) is 23.1 Å². The molecule has 0 bridgehead atoms. The second kappa shape index (κ2) is 17.0. The Morgan fingerprint density at radius 2 is 0.840 bits per heavy atom. The summed E-state index contributed by atoms with van der Waals surface area (Å²) in [7, 11) is -2.41. The molecule has 252 valence electrons. The molecule has 1 aliphatic heterocycles. The van der Waals surface area contributed by atoms with Gasteiger partial charge in [0.15, 0.2) is 5.85 Å². The molecule has 1 saturated heterocycles. The molecule has 1 unspecified atom stereocenters. The molecule has 6 aromatic rings. The number of hydrogen-bond donors (Lipinski definition) is 0. The highest BCUT2D eigenvalue weighted by atomic mass is 31.2. The predicted molar refractivity (Wildman–Crippen MR) is 205 cm³/mol. The van der Waals surface area contributed by atoms with Crippen LogP contribution in [-0.4, -0.2) is 30.8 Å². The Labute approximate surface area is 297 Å². The molecule has 0 aliphatic carbocycles. The summed E-state index contributed by atoms with van der Waals surface area (Å²) in [4.78, 5) is 0. The van der Waals surface area contributed by atoms with Gasteiger partial charge in [0.05, 0.1) is 32.5 Å². The summed E-state index contributed by atoms with van der Waals surface area (Å²) in [5, 5.41) is 3.82. The lowest BCUT2D eigenvalue weighted by Gasteiger charge is -2.45. The number of benzene rings is 6. The van der Waals surface area contributed by atoms with Crippen LogP contribution >= 0.6 is 7.26 Å². The van der Waals surface area contributed by atoms with E-state index in [4.69, 9.17) is 18.9 Å². The highest BCUT2D eigenvalue weighted by molar-refractivity contribution is 7.96. The average Bonchev–Trinajstić information content (AvgIpc) is 3.19. The van der Waals surface area contributed by atoms with Gasteiger partial charge in [-0.1, -0.05) is 146 Å². The number of ether oxygens (including phenoxy) is 4. The first kappa shape index (κ1) is 34.1. The van der Waals surface area contributed by atoms with E-state index in [9.17, 15) is 0 Å². The molecule has 7 rings (SSSR count). The van der Waals surface area contributed by atoms with E-state index in [0.29, 0.717) is 32.8 Å². The molecule has 0 radical (unpaired) electrons. The predicted octanol–water partition coefficient (Wildman–Crippen LogP) is 8.48. The molecule has 6 aromatic carbocycles. The van der Waals surface area contributed by atoms with Gasteiger partial charge in [-0.3, -0.25) is 0 Å². The van der Waals surface area contributed by atoms with Crippen LogP contribution in [0.25, 0.3) is 0 Å². The van der Waals surface area contributed by atoms with Gasteiger partial charge in [-0.2, -0.15) is 0 Å². The topological polar surface area (TPSA) is 36.9 Å². The molecular formula is C45H44O4P+. The van der Waals surface area contributed by atoms with Crippen LogP contribution in [0.4, 0.5) is 0 Å². The van der Waals surface area contributed by atoms with E-state index in [1.807, 2.05) is 42.5 Å². The normalized spacial score (nSPS) is 19.2. The van der Waals surface area contributed by atoms with Crippen molar-refractivity contribution in [2.75, 3.05) is 6.61 Å². The summed E-state index contributed by atoms with van der Waals surface area (Å²) >= 11 is 0. The van der Waals surface area contributed by atoms with Crippen molar-refractivity contribution < 1.29 is 18.9 Å². The van der Waals surface area contributed by atoms with Crippen LogP contribution < -0.4 is 15.9 Å². The average molecular weight is 680 g/mol. The molecule has 1 aliphatic rings. The first-order chi connectivity index (χ1) is 24.8. The third-order valence-electron chi connectivity index (χ3n) is 9.41.